The highest BCUT2D eigenvalue weighted by atomic mass is 35.5. The summed E-state index contributed by atoms with van der Waals surface area (Å²) < 4.78 is 27.8. The van der Waals surface area contributed by atoms with E-state index in [-0.39, 0.29) is 44.0 Å². The van der Waals surface area contributed by atoms with E-state index in [1.807, 2.05) is 12.1 Å². The largest absolute Gasteiger partial charge is 0.493 e. The number of ether oxygens (including phenoxy) is 5. The van der Waals surface area contributed by atoms with Crippen molar-refractivity contribution in [2.75, 3.05) is 60.7 Å². The van der Waals surface area contributed by atoms with Crippen LogP contribution in [0.15, 0.2) is 30.3 Å². The van der Waals surface area contributed by atoms with Crippen LogP contribution in [0, 0.1) is 11.3 Å². The highest BCUT2D eigenvalue weighted by molar-refractivity contribution is 6.33. The maximum atomic E-state index is 13.6. The van der Waals surface area contributed by atoms with E-state index in [0.29, 0.717) is 79.4 Å². The Morgan fingerprint density at radius 3 is 2.48 bits per heavy atom. The van der Waals surface area contributed by atoms with Gasteiger partial charge in [-0.15, -0.1) is 0 Å². The number of amides is 2. The van der Waals surface area contributed by atoms with E-state index in [4.69, 9.17) is 35.3 Å². The van der Waals surface area contributed by atoms with Gasteiger partial charge in [0.05, 0.1) is 38.4 Å². The zero-order valence-electron chi connectivity index (χ0n) is 27.2. The van der Waals surface area contributed by atoms with E-state index >= 15 is 0 Å². The summed E-state index contributed by atoms with van der Waals surface area (Å²) in [7, 11) is 4.62. The molecule has 2 aliphatic rings. The minimum absolute atomic E-state index is 0.137. The van der Waals surface area contributed by atoms with Crippen LogP contribution in [-0.4, -0.2) is 83.4 Å². The van der Waals surface area contributed by atoms with Crippen molar-refractivity contribution >= 4 is 29.4 Å². The average Bonchev–Trinajstić information content (AvgIpc) is 3.87. The third-order valence-corrected chi connectivity index (χ3v) is 8.84. The molecule has 1 aliphatic carbocycles. The molecule has 2 N–H and O–H groups in total. The molecule has 0 saturated heterocycles. The number of fused-ring (bicyclic) bond motifs is 2. The van der Waals surface area contributed by atoms with E-state index in [1.54, 1.807) is 32.2 Å². The van der Waals surface area contributed by atoms with Crippen LogP contribution in [0.3, 0.4) is 0 Å². The molecule has 11 nitrogen and oxygen atoms in total. The zero-order chi connectivity index (χ0) is 33.1. The minimum Gasteiger partial charge on any atom is -0.493 e. The van der Waals surface area contributed by atoms with Crippen molar-refractivity contribution in [2.24, 2.45) is 11.3 Å². The smallest absolute Gasteiger partial charge is 0.314 e. The lowest BCUT2D eigenvalue weighted by Crippen LogP contribution is -2.46. The number of rotatable bonds is 9. The minimum atomic E-state index is -0.947. The molecule has 1 heterocycles. The molecule has 1 fully saturated rings. The number of hydrogen-bond donors (Lipinski definition) is 2. The molecule has 2 bridgehead atoms. The second-order valence-electron chi connectivity index (χ2n) is 11.9. The number of nitrogens with zero attached hydrogens (tertiary/aromatic N) is 1. The summed E-state index contributed by atoms with van der Waals surface area (Å²) in [5.74, 6) is 1.50. The normalized spacial score (nSPS) is 20.3. The van der Waals surface area contributed by atoms with Crippen molar-refractivity contribution in [3.05, 3.63) is 46.5 Å². The van der Waals surface area contributed by atoms with Crippen LogP contribution in [-0.2, 0) is 32.1 Å². The van der Waals surface area contributed by atoms with Crippen molar-refractivity contribution < 1.29 is 38.1 Å². The second-order valence-corrected chi connectivity index (χ2v) is 12.3. The first-order valence-corrected chi connectivity index (χ1v) is 16.2. The van der Waals surface area contributed by atoms with Crippen LogP contribution in [0.2, 0.25) is 5.02 Å². The van der Waals surface area contributed by atoms with Gasteiger partial charge >= 0.3 is 5.97 Å². The molecule has 4 rings (SSSR count). The number of nitrogens with one attached hydrogen (secondary N) is 2. The topological polar surface area (TPSA) is 125 Å². The van der Waals surface area contributed by atoms with E-state index in [0.717, 1.165) is 24.0 Å². The Balaban J connectivity index is 1.59. The van der Waals surface area contributed by atoms with Crippen molar-refractivity contribution in [3.8, 4) is 23.0 Å². The van der Waals surface area contributed by atoms with Crippen molar-refractivity contribution in [2.45, 2.75) is 52.0 Å². The highest BCUT2D eigenvalue weighted by Crippen LogP contribution is 2.43. The van der Waals surface area contributed by atoms with Crippen LogP contribution < -0.4 is 29.6 Å². The Morgan fingerprint density at radius 2 is 1.78 bits per heavy atom. The van der Waals surface area contributed by atoms with Gasteiger partial charge in [-0.3, -0.25) is 19.3 Å². The van der Waals surface area contributed by atoms with Gasteiger partial charge in [0.1, 0.15) is 0 Å². The summed E-state index contributed by atoms with van der Waals surface area (Å²) in [4.78, 5) is 41.7. The standard InChI is InChI=1S/C34H46ClN3O8/c1-5-45-33(41)34(18-23-8-9-23)19-24-10-12-26(42-2)28(17-24)46-21-30(40)36-14-16-38(15-6-7-29(39)37-22-34)20-25-11-13-27(43-3)32(44-4)31(25)35/h10-13,17,23H,5-9,14-16,18-22H2,1-4H3,(H,36,40)(H,37,39). The maximum absolute atomic E-state index is 13.6. The van der Waals surface area contributed by atoms with E-state index < -0.39 is 5.41 Å². The molecule has 252 valence electrons. The first-order valence-electron chi connectivity index (χ1n) is 15.8. The number of hydrogen-bond acceptors (Lipinski definition) is 9. The fourth-order valence-electron chi connectivity index (χ4n) is 5.86. The van der Waals surface area contributed by atoms with Gasteiger partial charge in [-0.25, -0.2) is 0 Å². The van der Waals surface area contributed by atoms with Crippen LogP contribution >= 0.6 is 11.6 Å². The summed E-state index contributed by atoms with van der Waals surface area (Å²) in [5, 5.41) is 6.43. The summed E-state index contributed by atoms with van der Waals surface area (Å²) >= 11 is 6.68. The molecule has 1 atom stereocenters. The third-order valence-electron chi connectivity index (χ3n) is 8.43. The van der Waals surface area contributed by atoms with Gasteiger partial charge in [-0.05, 0) is 68.0 Å². The Morgan fingerprint density at radius 1 is 1.02 bits per heavy atom. The summed E-state index contributed by atoms with van der Waals surface area (Å²) in [6.07, 6.45) is 3.86. The van der Waals surface area contributed by atoms with Crippen molar-refractivity contribution in [1.82, 2.24) is 15.5 Å². The van der Waals surface area contributed by atoms with E-state index in [1.165, 1.54) is 14.2 Å². The van der Waals surface area contributed by atoms with Crippen molar-refractivity contribution in [1.29, 1.82) is 0 Å². The number of methoxy groups -OCH3 is 3. The molecule has 12 heteroatoms. The summed E-state index contributed by atoms with van der Waals surface area (Å²) in [6.45, 7) is 3.88. The van der Waals surface area contributed by atoms with Gasteiger partial charge in [-0.1, -0.05) is 36.6 Å². The van der Waals surface area contributed by atoms with Crippen molar-refractivity contribution in [3.63, 3.8) is 0 Å². The predicted octanol–water partition coefficient (Wildman–Crippen LogP) is 4.17. The highest BCUT2D eigenvalue weighted by Gasteiger charge is 2.44. The lowest BCUT2D eigenvalue weighted by atomic mass is 9.76. The Labute approximate surface area is 276 Å². The first-order chi connectivity index (χ1) is 22.2. The molecule has 2 amide bonds. The molecular formula is C34H46ClN3O8. The fourth-order valence-corrected chi connectivity index (χ4v) is 6.15. The summed E-state index contributed by atoms with van der Waals surface area (Å²) in [6, 6.07) is 9.13. The van der Waals surface area contributed by atoms with Crippen LogP contribution in [0.5, 0.6) is 23.0 Å². The predicted molar refractivity (Wildman–Crippen MR) is 174 cm³/mol. The van der Waals surface area contributed by atoms with Crippen LogP contribution in [0.4, 0.5) is 0 Å². The van der Waals surface area contributed by atoms with Gasteiger partial charge in [0.2, 0.25) is 5.91 Å². The Hall–Kier alpha value is -3.70. The molecule has 1 aliphatic heterocycles. The number of benzene rings is 2. The van der Waals surface area contributed by atoms with E-state index in [2.05, 4.69) is 15.5 Å². The Bertz CT molecular complexity index is 1370. The molecule has 2 aromatic rings. The fraction of sp³-hybridized carbons (Fsp3) is 0.559. The van der Waals surface area contributed by atoms with Gasteiger partial charge in [0, 0.05) is 32.6 Å². The lowest BCUT2D eigenvalue weighted by Gasteiger charge is -2.32. The SMILES string of the molecule is CCOC(=O)C1(CC2CC2)CNC(=O)CCCN(Cc2ccc(OC)c(OC)c2Cl)CCNC(=O)COc2cc(ccc2OC)C1. The lowest BCUT2D eigenvalue weighted by molar-refractivity contribution is -0.156. The van der Waals surface area contributed by atoms with Crippen LogP contribution in [0.1, 0.15) is 50.2 Å². The van der Waals surface area contributed by atoms with E-state index in [9.17, 15) is 14.4 Å². The molecule has 0 spiro atoms. The molecule has 1 saturated carbocycles. The van der Waals surface area contributed by atoms with Gasteiger partial charge in [0.25, 0.3) is 5.91 Å². The second kappa shape index (κ2) is 16.7. The molecule has 1 unspecified atom stereocenters. The third kappa shape index (κ3) is 9.42. The van der Waals surface area contributed by atoms with Gasteiger partial charge in [-0.2, -0.15) is 0 Å². The van der Waals surface area contributed by atoms with Crippen LogP contribution in [0.25, 0.3) is 0 Å². The first kappa shape index (κ1) is 35.2. The molecule has 0 aromatic heterocycles. The van der Waals surface area contributed by atoms with Gasteiger partial charge in [0.15, 0.2) is 29.6 Å². The quantitative estimate of drug-likeness (QED) is 0.382. The number of esters is 1. The number of carbonyl (C=O) groups excluding carboxylic acids is 3. The molecule has 0 radical (unpaired) electrons. The number of carbonyl (C=O) groups is 3. The number of halogens is 1. The maximum Gasteiger partial charge on any atom is 0.314 e. The monoisotopic (exact) mass is 659 g/mol. The average molecular weight is 660 g/mol. The van der Waals surface area contributed by atoms with Gasteiger partial charge < -0.3 is 34.3 Å². The summed E-state index contributed by atoms with van der Waals surface area (Å²) in [5.41, 5.74) is 0.703. The Kier molecular flexibility index (Phi) is 12.8. The zero-order valence-corrected chi connectivity index (χ0v) is 28.0. The molecule has 46 heavy (non-hydrogen) atoms. The molecule has 2 aromatic carbocycles. The molecular weight excluding hydrogens is 614 g/mol.